The largest absolute Gasteiger partial charge is 0.480 e. The molecule has 1 amide bonds. The van der Waals surface area contributed by atoms with Crippen molar-refractivity contribution >= 4 is 31.6 Å². The number of aliphatic carboxylic acids is 1. The van der Waals surface area contributed by atoms with Crippen LogP contribution in [0.25, 0.3) is 22.3 Å². The van der Waals surface area contributed by atoms with Gasteiger partial charge in [-0.3, -0.25) is 4.79 Å². The van der Waals surface area contributed by atoms with E-state index in [-0.39, 0.29) is 18.4 Å². The van der Waals surface area contributed by atoms with E-state index in [4.69, 9.17) is 0 Å². The van der Waals surface area contributed by atoms with E-state index < -0.39 is 70.5 Å². The van der Waals surface area contributed by atoms with Gasteiger partial charge in [-0.2, -0.15) is 13.2 Å². The number of amides is 1. The minimum absolute atomic E-state index is 0.0871. The first-order valence-corrected chi connectivity index (χ1v) is 20.7. The third-order valence-corrected chi connectivity index (χ3v) is 13.1. The predicted octanol–water partition coefficient (Wildman–Crippen LogP) is 7.13. The number of benzene rings is 5. The van der Waals surface area contributed by atoms with Crippen molar-refractivity contribution in [3.05, 3.63) is 144 Å². The van der Waals surface area contributed by atoms with Crippen LogP contribution in [0.3, 0.4) is 0 Å². The van der Waals surface area contributed by atoms with E-state index in [1.165, 1.54) is 48.5 Å². The van der Waals surface area contributed by atoms with E-state index >= 15 is 0 Å². The van der Waals surface area contributed by atoms with Crippen molar-refractivity contribution in [3.63, 3.8) is 0 Å². The van der Waals surface area contributed by atoms with Gasteiger partial charge in [0.2, 0.25) is 9.84 Å². The number of nitrogens with zero attached hydrogens (tertiary/aromatic N) is 1. The summed E-state index contributed by atoms with van der Waals surface area (Å²) in [5.74, 6) is -2.44. The molecule has 1 heterocycles. The number of hydrogen-bond acceptors (Lipinski definition) is 7. The highest BCUT2D eigenvalue weighted by Crippen LogP contribution is 2.34. The Labute approximate surface area is 317 Å². The van der Waals surface area contributed by atoms with Crippen molar-refractivity contribution in [2.24, 2.45) is 0 Å². The molecule has 0 bridgehead atoms. The summed E-state index contributed by atoms with van der Waals surface area (Å²) in [7, 11) is -8.93. The molecule has 55 heavy (non-hydrogen) atoms. The Balaban J connectivity index is 1.47. The van der Waals surface area contributed by atoms with Gasteiger partial charge in [-0.25, -0.2) is 21.6 Å². The van der Waals surface area contributed by atoms with Crippen molar-refractivity contribution in [3.8, 4) is 22.3 Å². The number of rotatable bonds is 12. The molecule has 0 radical (unpaired) electrons. The molecule has 5 aromatic rings. The van der Waals surface area contributed by atoms with Crippen LogP contribution in [-0.2, 0) is 37.1 Å². The van der Waals surface area contributed by atoms with Gasteiger partial charge in [-0.1, -0.05) is 91.0 Å². The van der Waals surface area contributed by atoms with Gasteiger partial charge < -0.3 is 15.3 Å². The normalized spacial score (nSPS) is 16.0. The fourth-order valence-electron chi connectivity index (χ4n) is 6.87. The Kier molecular flexibility index (Phi) is 11.3. The van der Waals surface area contributed by atoms with E-state index in [1.807, 2.05) is 30.3 Å². The molecule has 1 aliphatic rings. The first kappa shape index (κ1) is 39.4. The minimum atomic E-state index is -4.82. The van der Waals surface area contributed by atoms with E-state index in [2.05, 4.69) is 5.32 Å². The van der Waals surface area contributed by atoms with E-state index in [0.29, 0.717) is 29.7 Å². The highest BCUT2D eigenvalue weighted by molar-refractivity contribution is 7.94. The molecule has 1 fully saturated rings. The number of hydrogen-bond donors (Lipinski definition) is 2. The zero-order chi connectivity index (χ0) is 39.5. The summed E-state index contributed by atoms with van der Waals surface area (Å²) in [6.07, 6.45) is -3.22. The van der Waals surface area contributed by atoms with Crippen LogP contribution in [0, 0.1) is 0 Å². The average Bonchev–Trinajstić information content (AvgIpc) is 3.70. The Hall–Kier alpha value is -5.31. The molecule has 2 N–H and O–H groups in total. The highest BCUT2D eigenvalue weighted by atomic mass is 32.2. The lowest BCUT2D eigenvalue weighted by Crippen LogP contribution is -2.60. The minimum Gasteiger partial charge on any atom is -0.480 e. The number of alkyl halides is 3. The van der Waals surface area contributed by atoms with Gasteiger partial charge in [0, 0.05) is 24.3 Å². The monoisotopic (exact) mass is 790 g/mol. The summed E-state index contributed by atoms with van der Waals surface area (Å²) in [5, 5.41) is 12.1. The number of carbonyl (C=O) groups excluding carboxylic acids is 1. The molecular formula is C41H37F3N2O7S2. The molecule has 0 aliphatic carbocycles. The van der Waals surface area contributed by atoms with Crippen LogP contribution in [0.2, 0.25) is 0 Å². The molecule has 1 unspecified atom stereocenters. The maximum Gasteiger partial charge on any atom is 0.416 e. The van der Waals surface area contributed by atoms with E-state index in [0.717, 1.165) is 46.5 Å². The van der Waals surface area contributed by atoms with Crippen molar-refractivity contribution < 1.29 is 44.7 Å². The number of sulfone groups is 2. The molecule has 1 saturated heterocycles. The highest BCUT2D eigenvalue weighted by Gasteiger charge is 2.48. The maximum atomic E-state index is 14.9. The fraction of sp³-hybridized carbons (Fsp3) is 0.220. The molecule has 3 atom stereocenters. The first-order valence-electron chi connectivity index (χ1n) is 17.3. The summed E-state index contributed by atoms with van der Waals surface area (Å²) < 4.78 is 95.1. The van der Waals surface area contributed by atoms with Gasteiger partial charge in [0.1, 0.15) is 6.04 Å². The zero-order valence-corrected chi connectivity index (χ0v) is 31.1. The van der Waals surface area contributed by atoms with Crippen LogP contribution in [0.1, 0.15) is 34.3 Å². The standard InChI is InChI=1S/C41H37F3N2O7S2/c1-54(50,51)36-11-5-6-12-37(36)55(52,53)39(34-10-7-25-45-34)46(35(40(48)49)26-27-13-15-29(16-14-27)28-8-3-2-4-9-28)38(47)32-19-17-30(18-20-32)31-21-23-33(24-22-31)41(42,43)44/h2-6,8-9,11-24,34-35,39,45H,7,10,25-26H2,1H3,(H,48,49)/t34-,35+,39?/m1/s1. The van der Waals surface area contributed by atoms with Gasteiger partial charge in [-0.05, 0) is 83.6 Å². The van der Waals surface area contributed by atoms with Crippen LogP contribution < -0.4 is 5.32 Å². The topological polar surface area (TPSA) is 138 Å². The number of carboxylic acids is 1. The molecule has 9 nitrogen and oxygen atoms in total. The lowest BCUT2D eigenvalue weighted by molar-refractivity contribution is -0.142. The quantitative estimate of drug-likeness (QED) is 0.136. The van der Waals surface area contributed by atoms with Crippen LogP contribution >= 0.6 is 0 Å². The molecule has 0 aromatic heterocycles. The summed E-state index contributed by atoms with van der Waals surface area (Å²) in [5.41, 5.74) is 2.21. The Morgan fingerprint density at radius 3 is 1.76 bits per heavy atom. The number of carboxylic acid groups (broad SMARTS) is 1. The van der Waals surface area contributed by atoms with Crippen molar-refractivity contribution in [2.75, 3.05) is 12.8 Å². The van der Waals surface area contributed by atoms with Crippen molar-refractivity contribution in [2.45, 2.75) is 52.7 Å². The zero-order valence-electron chi connectivity index (χ0n) is 29.5. The summed E-state index contributed by atoms with van der Waals surface area (Å²) in [6.45, 7) is 0.368. The molecule has 286 valence electrons. The molecule has 0 saturated carbocycles. The second-order valence-electron chi connectivity index (χ2n) is 13.3. The van der Waals surface area contributed by atoms with Gasteiger partial charge >= 0.3 is 12.1 Å². The second kappa shape index (κ2) is 15.8. The van der Waals surface area contributed by atoms with Crippen LogP contribution in [-0.4, -0.2) is 69.0 Å². The Morgan fingerprint density at radius 1 is 0.745 bits per heavy atom. The molecule has 14 heteroatoms. The first-order chi connectivity index (χ1) is 26.1. The molecule has 1 aliphatic heterocycles. The smallest absolute Gasteiger partial charge is 0.416 e. The summed E-state index contributed by atoms with van der Waals surface area (Å²) in [4.78, 5) is 27.9. The molecule has 0 spiro atoms. The average molecular weight is 791 g/mol. The van der Waals surface area contributed by atoms with Crippen LogP contribution in [0.15, 0.2) is 137 Å². The maximum absolute atomic E-state index is 14.9. The van der Waals surface area contributed by atoms with Gasteiger partial charge in [-0.15, -0.1) is 0 Å². The Bertz CT molecular complexity index is 2380. The third-order valence-electron chi connectivity index (χ3n) is 9.61. The van der Waals surface area contributed by atoms with E-state index in [9.17, 15) is 44.7 Å². The van der Waals surface area contributed by atoms with Gasteiger partial charge in [0.05, 0.1) is 15.4 Å². The Morgan fingerprint density at radius 2 is 1.25 bits per heavy atom. The van der Waals surface area contributed by atoms with Crippen molar-refractivity contribution in [1.82, 2.24) is 10.2 Å². The molecule has 6 rings (SSSR count). The number of nitrogens with one attached hydrogen (secondary N) is 1. The van der Waals surface area contributed by atoms with Gasteiger partial charge in [0.15, 0.2) is 15.2 Å². The molecule has 5 aromatic carbocycles. The second-order valence-corrected chi connectivity index (χ2v) is 17.3. The number of carbonyl (C=O) groups is 2. The van der Waals surface area contributed by atoms with Gasteiger partial charge in [0.25, 0.3) is 5.91 Å². The van der Waals surface area contributed by atoms with E-state index in [1.54, 1.807) is 24.3 Å². The SMILES string of the molecule is CS(=O)(=O)c1ccccc1S(=O)(=O)C([C@H]1CCCN1)N(C(=O)c1ccc(-c2ccc(C(F)(F)F)cc2)cc1)[C@@H](Cc1ccc(-c2ccccc2)cc1)C(=O)O. The molecular weight excluding hydrogens is 754 g/mol. The third kappa shape index (κ3) is 8.66. The lowest BCUT2D eigenvalue weighted by atomic mass is 9.98. The summed E-state index contributed by atoms with van der Waals surface area (Å²) in [6, 6.07) is 28.8. The van der Waals surface area contributed by atoms with Crippen LogP contribution in [0.5, 0.6) is 0 Å². The van der Waals surface area contributed by atoms with Crippen LogP contribution in [0.4, 0.5) is 13.2 Å². The number of halogens is 3. The predicted molar refractivity (Wildman–Crippen MR) is 202 cm³/mol. The lowest BCUT2D eigenvalue weighted by Gasteiger charge is -2.39. The fourth-order valence-corrected chi connectivity index (χ4v) is 10.5. The summed E-state index contributed by atoms with van der Waals surface area (Å²) >= 11 is 0. The van der Waals surface area contributed by atoms with Crippen molar-refractivity contribution in [1.29, 1.82) is 0 Å².